The molecule has 2 amide bonds. The van der Waals surface area contributed by atoms with Crippen molar-refractivity contribution in [3.63, 3.8) is 0 Å². The molecule has 0 saturated carbocycles. The van der Waals surface area contributed by atoms with Gasteiger partial charge < -0.3 is 19.3 Å². The third kappa shape index (κ3) is 3.11. The molecule has 2 heterocycles. The van der Waals surface area contributed by atoms with Gasteiger partial charge in [0.2, 0.25) is 5.91 Å². The predicted octanol–water partition coefficient (Wildman–Crippen LogP) is 1.55. The number of amides is 2. The van der Waals surface area contributed by atoms with Gasteiger partial charge in [0, 0.05) is 32.2 Å². The van der Waals surface area contributed by atoms with E-state index in [4.69, 9.17) is 9.47 Å². The zero-order chi connectivity index (χ0) is 17.1. The number of fused-ring (bicyclic) bond motifs is 1. The van der Waals surface area contributed by atoms with Crippen molar-refractivity contribution in [3.8, 4) is 5.75 Å². The van der Waals surface area contributed by atoms with Crippen molar-refractivity contribution in [1.29, 1.82) is 0 Å². The highest BCUT2D eigenvalue weighted by Gasteiger charge is 2.44. The van der Waals surface area contributed by atoms with Crippen molar-refractivity contribution in [2.75, 3.05) is 33.9 Å². The second-order valence-electron chi connectivity index (χ2n) is 6.27. The third-order valence-corrected chi connectivity index (χ3v) is 5.00. The quantitative estimate of drug-likeness (QED) is 0.821. The van der Waals surface area contributed by atoms with E-state index in [1.54, 1.807) is 20.3 Å². The van der Waals surface area contributed by atoms with Crippen molar-refractivity contribution < 1.29 is 19.1 Å². The fourth-order valence-electron chi connectivity index (χ4n) is 3.80. The maximum atomic E-state index is 12.9. The summed E-state index contributed by atoms with van der Waals surface area (Å²) in [5.41, 5.74) is 0.635. The number of rotatable bonds is 5. The molecular weight excluding hydrogens is 308 g/mol. The first-order valence-corrected chi connectivity index (χ1v) is 8.39. The number of benzene rings is 1. The molecule has 24 heavy (non-hydrogen) atoms. The van der Waals surface area contributed by atoms with Crippen LogP contribution in [0.15, 0.2) is 24.3 Å². The Morgan fingerprint density at radius 1 is 1.25 bits per heavy atom. The summed E-state index contributed by atoms with van der Waals surface area (Å²) in [6.07, 6.45) is 2.06. The fraction of sp³-hybridized carbons (Fsp3) is 0.556. The highest BCUT2D eigenvalue weighted by Crippen LogP contribution is 2.32. The third-order valence-electron chi connectivity index (χ3n) is 5.00. The molecule has 0 N–H and O–H groups in total. The molecule has 2 saturated heterocycles. The second-order valence-corrected chi connectivity index (χ2v) is 6.27. The molecule has 2 aliphatic rings. The zero-order valence-electron chi connectivity index (χ0n) is 14.2. The Balaban J connectivity index is 1.76. The number of piperidine rings is 1. The van der Waals surface area contributed by atoms with Gasteiger partial charge in [-0.15, -0.1) is 0 Å². The van der Waals surface area contributed by atoms with Gasteiger partial charge in [-0.3, -0.25) is 9.59 Å². The average molecular weight is 332 g/mol. The average Bonchev–Trinajstić information content (AvgIpc) is 3.04. The number of likely N-dealkylation sites (tertiary alicyclic amines) is 2. The molecule has 0 aliphatic carbocycles. The molecule has 2 atom stereocenters. The highest BCUT2D eigenvalue weighted by molar-refractivity contribution is 5.95. The molecule has 1 aromatic carbocycles. The van der Waals surface area contributed by atoms with Crippen LogP contribution in [0.3, 0.4) is 0 Å². The Kier molecular flexibility index (Phi) is 5.04. The van der Waals surface area contributed by atoms with Gasteiger partial charge in [0.25, 0.3) is 5.91 Å². The number of nitrogens with zero attached hydrogens (tertiary/aromatic N) is 2. The first kappa shape index (κ1) is 16.8. The van der Waals surface area contributed by atoms with Gasteiger partial charge in [-0.25, -0.2) is 0 Å². The van der Waals surface area contributed by atoms with Crippen molar-refractivity contribution >= 4 is 11.8 Å². The molecule has 0 radical (unpaired) electrons. The van der Waals surface area contributed by atoms with E-state index >= 15 is 0 Å². The van der Waals surface area contributed by atoms with Crippen LogP contribution in [0.5, 0.6) is 5.75 Å². The fourth-order valence-corrected chi connectivity index (χ4v) is 3.80. The van der Waals surface area contributed by atoms with Crippen molar-refractivity contribution in [3.05, 3.63) is 29.8 Å². The molecule has 0 aromatic heterocycles. The lowest BCUT2D eigenvalue weighted by Crippen LogP contribution is -2.54. The molecule has 0 bridgehead atoms. The van der Waals surface area contributed by atoms with Crippen molar-refractivity contribution in [2.24, 2.45) is 0 Å². The lowest BCUT2D eigenvalue weighted by atomic mass is 9.96. The molecule has 1 aromatic rings. The first-order valence-electron chi connectivity index (χ1n) is 8.39. The Hall–Kier alpha value is -2.08. The molecule has 130 valence electrons. The summed E-state index contributed by atoms with van der Waals surface area (Å²) < 4.78 is 10.3. The number of methoxy groups -OCH3 is 2. The number of ether oxygens (including phenoxy) is 2. The van der Waals surface area contributed by atoms with Gasteiger partial charge in [-0.05, 0) is 31.0 Å². The predicted molar refractivity (Wildman–Crippen MR) is 89.0 cm³/mol. The van der Waals surface area contributed by atoms with Crippen LogP contribution in [0.2, 0.25) is 0 Å². The maximum absolute atomic E-state index is 12.9. The number of hydrogen-bond acceptors (Lipinski definition) is 4. The standard InChI is InChI=1S/C18H24N2O4/c1-23-11-10-19-16-8-9-20(15(16)6-7-17(19)21)18(22)13-4-3-5-14(12-13)24-2/h3-5,12,15-16H,6-11H2,1-2H3/t15-,16-/m1/s1. The van der Waals surface area contributed by atoms with E-state index < -0.39 is 0 Å². The molecule has 0 spiro atoms. The Labute approximate surface area is 142 Å². The highest BCUT2D eigenvalue weighted by atomic mass is 16.5. The molecule has 2 aliphatic heterocycles. The molecular formula is C18H24N2O4. The van der Waals surface area contributed by atoms with Gasteiger partial charge in [0.1, 0.15) is 5.75 Å². The van der Waals surface area contributed by atoms with Gasteiger partial charge in [0.05, 0.1) is 25.8 Å². The zero-order valence-corrected chi connectivity index (χ0v) is 14.2. The minimum atomic E-state index is 0.0161. The van der Waals surface area contributed by atoms with Crippen LogP contribution < -0.4 is 4.74 Å². The molecule has 2 fully saturated rings. The Morgan fingerprint density at radius 2 is 2.08 bits per heavy atom. The summed E-state index contributed by atoms with van der Waals surface area (Å²) in [4.78, 5) is 29.0. The van der Waals surface area contributed by atoms with E-state index in [0.717, 1.165) is 12.8 Å². The van der Waals surface area contributed by atoms with Gasteiger partial charge >= 0.3 is 0 Å². The summed E-state index contributed by atoms with van der Waals surface area (Å²) in [6.45, 7) is 1.80. The number of carbonyl (C=O) groups excluding carboxylic acids is 2. The van der Waals surface area contributed by atoms with Crippen LogP contribution in [-0.2, 0) is 9.53 Å². The van der Waals surface area contributed by atoms with Crippen LogP contribution in [-0.4, -0.2) is 67.6 Å². The van der Waals surface area contributed by atoms with E-state index in [9.17, 15) is 9.59 Å². The van der Waals surface area contributed by atoms with Gasteiger partial charge in [0.15, 0.2) is 0 Å². The van der Waals surface area contributed by atoms with Crippen LogP contribution in [0, 0.1) is 0 Å². The van der Waals surface area contributed by atoms with E-state index in [1.165, 1.54) is 0 Å². The minimum absolute atomic E-state index is 0.0161. The topological polar surface area (TPSA) is 59.1 Å². The molecule has 6 nitrogen and oxygen atoms in total. The summed E-state index contributed by atoms with van der Waals surface area (Å²) in [6, 6.07) is 7.44. The molecule has 0 unspecified atom stereocenters. The van der Waals surface area contributed by atoms with E-state index in [1.807, 2.05) is 28.0 Å². The largest absolute Gasteiger partial charge is 0.497 e. The molecule has 3 rings (SSSR count). The Morgan fingerprint density at radius 3 is 2.83 bits per heavy atom. The lowest BCUT2D eigenvalue weighted by Gasteiger charge is -2.39. The number of carbonyl (C=O) groups is 2. The van der Waals surface area contributed by atoms with Gasteiger partial charge in [-0.1, -0.05) is 6.07 Å². The lowest BCUT2D eigenvalue weighted by molar-refractivity contribution is -0.138. The van der Waals surface area contributed by atoms with E-state index in [2.05, 4.69) is 0 Å². The smallest absolute Gasteiger partial charge is 0.254 e. The monoisotopic (exact) mass is 332 g/mol. The second kappa shape index (κ2) is 7.21. The van der Waals surface area contributed by atoms with E-state index in [0.29, 0.717) is 37.4 Å². The summed E-state index contributed by atoms with van der Waals surface area (Å²) >= 11 is 0. The summed E-state index contributed by atoms with van der Waals surface area (Å²) in [5, 5.41) is 0. The Bertz CT molecular complexity index is 619. The SMILES string of the molecule is COCCN1C(=O)CC[C@@H]2[C@H]1CCN2C(=O)c1cccc(OC)c1. The first-order chi connectivity index (χ1) is 11.7. The van der Waals surface area contributed by atoms with Crippen molar-refractivity contribution in [2.45, 2.75) is 31.3 Å². The van der Waals surface area contributed by atoms with Crippen LogP contribution in [0.25, 0.3) is 0 Å². The normalized spacial score (nSPS) is 23.3. The van der Waals surface area contributed by atoms with Crippen LogP contribution >= 0.6 is 0 Å². The summed E-state index contributed by atoms with van der Waals surface area (Å²) in [5.74, 6) is 0.864. The minimum Gasteiger partial charge on any atom is -0.497 e. The van der Waals surface area contributed by atoms with Crippen LogP contribution in [0.1, 0.15) is 29.6 Å². The van der Waals surface area contributed by atoms with Crippen molar-refractivity contribution in [1.82, 2.24) is 9.80 Å². The van der Waals surface area contributed by atoms with E-state index in [-0.39, 0.29) is 23.9 Å². The number of hydrogen-bond donors (Lipinski definition) is 0. The molecule has 6 heteroatoms. The maximum Gasteiger partial charge on any atom is 0.254 e. The summed E-state index contributed by atoms with van der Waals surface area (Å²) in [7, 11) is 3.23. The van der Waals surface area contributed by atoms with Crippen LogP contribution in [0.4, 0.5) is 0 Å². The van der Waals surface area contributed by atoms with Gasteiger partial charge in [-0.2, -0.15) is 0 Å².